The summed E-state index contributed by atoms with van der Waals surface area (Å²) >= 11 is 0. The summed E-state index contributed by atoms with van der Waals surface area (Å²) < 4.78 is 0. The number of hydrogen-bond donors (Lipinski definition) is 1. The fourth-order valence-electron chi connectivity index (χ4n) is 1.41. The molecule has 0 fully saturated rings. The summed E-state index contributed by atoms with van der Waals surface area (Å²) in [7, 11) is 0. The second kappa shape index (κ2) is 4.46. The van der Waals surface area contributed by atoms with Crippen LogP contribution in [0, 0.1) is 0 Å². The van der Waals surface area contributed by atoms with E-state index in [1.807, 2.05) is 30.3 Å². The maximum atomic E-state index is 10.8. The number of benzene rings is 2. The Labute approximate surface area is 98.5 Å². The molecule has 3 heteroatoms. The number of aromatic carboxylic acids is 1. The Hall–Kier alpha value is -1.03. The molecule has 0 aromatic heterocycles. The van der Waals surface area contributed by atoms with Gasteiger partial charge in [-0.15, -0.1) is 0 Å². The van der Waals surface area contributed by atoms with E-state index in [2.05, 4.69) is 0 Å². The number of carboxylic acid groups (broad SMARTS) is 1. The van der Waals surface area contributed by atoms with Gasteiger partial charge in [0.2, 0.25) is 0 Å². The van der Waals surface area contributed by atoms with Crippen molar-refractivity contribution in [1.82, 2.24) is 0 Å². The zero-order chi connectivity index (χ0) is 9.26. The molecule has 4 radical (unpaired) electrons. The van der Waals surface area contributed by atoms with Crippen LogP contribution in [0.5, 0.6) is 0 Å². The third-order valence-electron chi connectivity index (χ3n) is 2.02. The average Bonchev–Trinajstić information content (AvgIpc) is 2.17. The van der Waals surface area contributed by atoms with E-state index in [0.717, 1.165) is 10.8 Å². The molecule has 1 N–H and O–H groups in total. The Morgan fingerprint density at radius 3 is 2.36 bits per heavy atom. The van der Waals surface area contributed by atoms with Gasteiger partial charge in [-0.2, -0.15) is 0 Å². The van der Waals surface area contributed by atoms with Gasteiger partial charge in [0.15, 0.2) is 0 Å². The van der Waals surface area contributed by atoms with Crippen LogP contribution in [-0.2, 0) is 0 Å². The van der Waals surface area contributed by atoms with E-state index >= 15 is 0 Å². The first-order chi connectivity index (χ1) is 6.29. The molecular weight excluding hydrogens is 283 g/mol. The molecule has 2 rings (SSSR count). The predicted octanol–water partition coefficient (Wildman–Crippen LogP) is 2.16. The van der Waals surface area contributed by atoms with E-state index in [9.17, 15) is 4.79 Å². The van der Waals surface area contributed by atoms with Gasteiger partial charge in [-0.3, -0.25) is 0 Å². The van der Waals surface area contributed by atoms with Gasteiger partial charge < -0.3 is 5.11 Å². The van der Waals surface area contributed by atoms with Gasteiger partial charge in [0.1, 0.15) is 0 Å². The summed E-state index contributed by atoms with van der Waals surface area (Å²) in [6.45, 7) is 0. The molecule has 14 heavy (non-hydrogen) atoms. The maximum Gasteiger partial charge on any atom is 0.336 e. The molecule has 2 aromatic rings. The minimum absolute atomic E-state index is 0. The molecule has 2 aromatic carbocycles. The minimum Gasteiger partial charge on any atom is -0.478 e. The van der Waals surface area contributed by atoms with Crippen molar-refractivity contribution < 1.29 is 9.90 Å². The van der Waals surface area contributed by atoms with Crippen LogP contribution in [0.15, 0.2) is 42.5 Å². The smallest absolute Gasteiger partial charge is 0.336 e. The van der Waals surface area contributed by atoms with Gasteiger partial charge in [-0.1, -0.05) is 36.4 Å². The first-order valence-corrected chi connectivity index (χ1v) is 4.00. The Morgan fingerprint density at radius 2 is 1.64 bits per heavy atom. The normalized spacial score (nSPS) is 9.43. The van der Waals surface area contributed by atoms with Crippen molar-refractivity contribution in [2.24, 2.45) is 0 Å². The van der Waals surface area contributed by atoms with E-state index in [1.54, 1.807) is 12.1 Å². The molecule has 0 aliphatic heterocycles. The second-order valence-electron chi connectivity index (χ2n) is 2.83. The zero-order valence-corrected chi connectivity index (χ0v) is 10.3. The summed E-state index contributed by atoms with van der Waals surface area (Å²) in [5.41, 5.74) is 0.359. The predicted molar refractivity (Wildman–Crippen MR) is 56.7 cm³/mol. The number of fused-ring (bicyclic) bond motifs is 1. The van der Waals surface area contributed by atoms with Crippen LogP contribution in [0.3, 0.4) is 0 Å². The van der Waals surface area contributed by atoms with E-state index in [0.29, 0.717) is 5.56 Å². The fraction of sp³-hybridized carbons (Fsp3) is 0. The monoisotopic (exact) mass is 292 g/mol. The first-order valence-electron chi connectivity index (χ1n) is 4.00. The molecule has 0 atom stereocenters. The van der Waals surface area contributed by atoms with Gasteiger partial charge in [-0.25, -0.2) is 4.79 Å². The van der Waals surface area contributed by atoms with Crippen molar-refractivity contribution in [3.63, 3.8) is 0 Å². The fourth-order valence-corrected chi connectivity index (χ4v) is 1.41. The number of carbonyl (C=O) groups is 1. The van der Waals surface area contributed by atoms with Gasteiger partial charge in [0.25, 0.3) is 0 Å². The molecule has 0 bridgehead atoms. The number of hydrogen-bond acceptors (Lipinski definition) is 1. The van der Waals surface area contributed by atoms with Crippen LogP contribution in [0.2, 0.25) is 0 Å². The molecular formula is C11H8O2Sn. The van der Waals surface area contributed by atoms with Crippen molar-refractivity contribution in [3.05, 3.63) is 48.0 Å². The summed E-state index contributed by atoms with van der Waals surface area (Å²) in [5, 5.41) is 10.6. The average molecular weight is 291 g/mol. The van der Waals surface area contributed by atoms with Crippen LogP contribution in [0.25, 0.3) is 10.8 Å². The quantitative estimate of drug-likeness (QED) is 0.817. The van der Waals surface area contributed by atoms with Gasteiger partial charge >= 0.3 is 5.97 Å². The third kappa shape index (κ3) is 1.90. The molecule has 0 aliphatic carbocycles. The van der Waals surface area contributed by atoms with Gasteiger partial charge in [0.05, 0.1) is 5.56 Å². The van der Waals surface area contributed by atoms with Crippen LogP contribution in [0.4, 0.5) is 0 Å². The molecule has 0 saturated heterocycles. The first kappa shape index (κ1) is 11.0. The van der Waals surface area contributed by atoms with Crippen molar-refractivity contribution in [1.29, 1.82) is 0 Å². The number of carboxylic acids is 1. The van der Waals surface area contributed by atoms with Gasteiger partial charge in [0, 0.05) is 23.9 Å². The summed E-state index contributed by atoms with van der Waals surface area (Å²) in [6.07, 6.45) is 0. The Bertz CT molecular complexity index is 460. The van der Waals surface area contributed by atoms with Crippen molar-refractivity contribution in [2.75, 3.05) is 0 Å². The van der Waals surface area contributed by atoms with Gasteiger partial charge in [-0.05, 0) is 16.8 Å². The molecule has 0 spiro atoms. The molecule has 0 amide bonds. The Balaban J connectivity index is 0.000000980. The van der Waals surface area contributed by atoms with Crippen LogP contribution in [0.1, 0.15) is 10.4 Å². The van der Waals surface area contributed by atoms with Crippen LogP contribution < -0.4 is 0 Å². The van der Waals surface area contributed by atoms with Crippen molar-refractivity contribution in [3.8, 4) is 0 Å². The molecule has 0 saturated carbocycles. The topological polar surface area (TPSA) is 37.3 Å². The van der Waals surface area contributed by atoms with E-state index in [-0.39, 0.29) is 23.9 Å². The van der Waals surface area contributed by atoms with Crippen LogP contribution in [-0.4, -0.2) is 35.0 Å². The van der Waals surface area contributed by atoms with E-state index in [1.165, 1.54) is 0 Å². The second-order valence-corrected chi connectivity index (χ2v) is 2.83. The molecule has 0 aliphatic rings. The van der Waals surface area contributed by atoms with Crippen molar-refractivity contribution >= 4 is 40.6 Å². The molecule has 68 valence electrons. The number of rotatable bonds is 1. The van der Waals surface area contributed by atoms with E-state index < -0.39 is 5.97 Å². The summed E-state index contributed by atoms with van der Waals surface area (Å²) in [6, 6.07) is 12.7. The summed E-state index contributed by atoms with van der Waals surface area (Å²) in [4.78, 5) is 10.8. The van der Waals surface area contributed by atoms with Crippen molar-refractivity contribution in [2.45, 2.75) is 0 Å². The van der Waals surface area contributed by atoms with E-state index in [4.69, 9.17) is 5.11 Å². The molecule has 0 unspecified atom stereocenters. The summed E-state index contributed by atoms with van der Waals surface area (Å²) in [5.74, 6) is -0.878. The standard InChI is InChI=1S/C11H8O2.Sn/c12-11(13)10-7-3-5-8-4-1-2-6-9(8)10;/h1-7H,(H,12,13);. The van der Waals surface area contributed by atoms with Crippen LogP contribution >= 0.6 is 0 Å². The largest absolute Gasteiger partial charge is 0.478 e. The minimum atomic E-state index is -0.878. The SMILES string of the molecule is O=C(O)c1cccc2ccccc12.[Sn]. The third-order valence-corrected chi connectivity index (χ3v) is 2.02. The maximum absolute atomic E-state index is 10.8. The molecule has 2 nitrogen and oxygen atoms in total. The molecule has 0 heterocycles. The Kier molecular flexibility index (Phi) is 3.52. The zero-order valence-electron chi connectivity index (χ0n) is 7.40. The Morgan fingerprint density at radius 1 is 1.00 bits per heavy atom.